The van der Waals surface area contributed by atoms with Crippen molar-refractivity contribution in [3.05, 3.63) is 60.0 Å². The van der Waals surface area contributed by atoms with Crippen LogP contribution in [0.25, 0.3) is 5.65 Å². The Hall–Kier alpha value is -2.69. The van der Waals surface area contributed by atoms with Crippen LogP contribution in [-0.4, -0.2) is 20.5 Å². The molecule has 0 spiro atoms. The van der Waals surface area contributed by atoms with Crippen LogP contribution in [0.1, 0.15) is 42.2 Å². The lowest BCUT2D eigenvalue weighted by Crippen LogP contribution is -2.12. The van der Waals surface area contributed by atoms with Gasteiger partial charge in [0.05, 0.1) is 0 Å². The highest BCUT2D eigenvalue weighted by Gasteiger charge is 2.11. The maximum atomic E-state index is 12.2. The lowest BCUT2D eigenvalue weighted by molar-refractivity contribution is 0.102. The second-order valence-corrected chi connectivity index (χ2v) is 5.34. The van der Waals surface area contributed by atoms with Crippen LogP contribution in [0.3, 0.4) is 0 Å². The first kappa shape index (κ1) is 14.3. The van der Waals surface area contributed by atoms with Crippen molar-refractivity contribution in [2.45, 2.75) is 26.2 Å². The van der Waals surface area contributed by atoms with E-state index in [0.717, 1.165) is 12.1 Å². The van der Waals surface area contributed by atoms with Gasteiger partial charge in [0.1, 0.15) is 0 Å². The van der Waals surface area contributed by atoms with Crippen molar-refractivity contribution < 1.29 is 4.79 Å². The molecule has 3 rings (SSSR count). The summed E-state index contributed by atoms with van der Waals surface area (Å²) in [5.41, 5.74) is 3.05. The summed E-state index contributed by atoms with van der Waals surface area (Å²) in [4.78, 5) is 16.4. The first-order valence-electron chi connectivity index (χ1n) is 7.39. The van der Waals surface area contributed by atoms with Crippen molar-refractivity contribution >= 4 is 17.2 Å². The van der Waals surface area contributed by atoms with E-state index >= 15 is 0 Å². The first-order chi connectivity index (χ1) is 10.7. The second-order valence-electron chi connectivity index (χ2n) is 5.34. The van der Waals surface area contributed by atoms with Crippen molar-refractivity contribution in [2.75, 3.05) is 5.32 Å². The number of aromatic nitrogens is 3. The number of carbonyl (C=O) groups is 1. The molecule has 2 heterocycles. The number of anilines is 1. The summed E-state index contributed by atoms with van der Waals surface area (Å²) < 4.78 is 1.58. The van der Waals surface area contributed by atoms with Crippen LogP contribution in [0, 0.1) is 0 Å². The van der Waals surface area contributed by atoms with Gasteiger partial charge < -0.3 is 5.32 Å². The van der Waals surface area contributed by atoms with Gasteiger partial charge in [-0.1, -0.05) is 26.0 Å². The standard InChI is InChI=1S/C17H18N4O/c1-3-12(2)13-5-7-14(8-6-13)19-17(22)15-11-16-18-9-4-10-21(16)20-15/h4-12H,3H2,1-2H3,(H,19,22). The fourth-order valence-corrected chi connectivity index (χ4v) is 2.27. The summed E-state index contributed by atoms with van der Waals surface area (Å²) in [5.74, 6) is 0.288. The third kappa shape index (κ3) is 2.83. The predicted molar refractivity (Wildman–Crippen MR) is 86.1 cm³/mol. The number of fused-ring (bicyclic) bond motifs is 1. The van der Waals surface area contributed by atoms with Gasteiger partial charge in [0.2, 0.25) is 0 Å². The van der Waals surface area contributed by atoms with E-state index in [1.54, 1.807) is 29.0 Å². The van der Waals surface area contributed by atoms with Crippen LogP contribution >= 0.6 is 0 Å². The van der Waals surface area contributed by atoms with E-state index in [-0.39, 0.29) is 5.91 Å². The molecule has 2 aromatic heterocycles. The molecule has 3 aromatic rings. The predicted octanol–water partition coefficient (Wildman–Crippen LogP) is 3.50. The molecule has 22 heavy (non-hydrogen) atoms. The average Bonchev–Trinajstić information content (AvgIpc) is 2.99. The lowest BCUT2D eigenvalue weighted by atomic mass is 9.99. The zero-order chi connectivity index (χ0) is 15.5. The van der Waals surface area contributed by atoms with Crippen molar-refractivity contribution in [1.82, 2.24) is 14.6 Å². The van der Waals surface area contributed by atoms with Gasteiger partial charge in [0, 0.05) is 24.1 Å². The van der Waals surface area contributed by atoms with Crippen LogP contribution in [-0.2, 0) is 0 Å². The number of hydrogen-bond acceptors (Lipinski definition) is 3. The van der Waals surface area contributed by atoms with Crippen LogP contribution < -0.4 is 5.32 Å². The van der Waals surface area contributed by atoms with Crippen molar-refractivity contribution in [3.63, 3.8) is 0 Å². The molecule has 0 aliphatic heterocycles. The Bertz CT molecular complexity index is 759. The Morgan fingerprint density at radius 2 is 2.09 bits per heavy atom. The van der Waals surface area contributed by atoms with Gasteiger partial charge in [-0.25, -0.2) is 9.50 Å². The van der Waals surface area contributed by atoms with Crippen molar-refractivity contribution in [2.24, 2.45) is 0 Å². The quantitative estimate of drug-likeness (QED) is 0.801. The average molecular weight is 294 g/mol. The summed E-state index contributed by atoms with van der Waals surface area (Å²) in [6, 6.07) is 11.4. The van der Waals surface area contributed by atoms with Crippen LogP contribution in [0.5, 0.6) is 0 Å². The highest BCUT2D eigenvalue weighted by Crippen LogP contribution is 2.20. The minimum absolute atomic E-state index is 0.234. The van der Waals surface area contributed by atoms with Crippen LogP contribution in [0.4, 0.5) is 5.69 Å². The highest BCUT2D eigenvalue weighted by atomic mass is 16.1. The van der Waals surface area contributed by atoms with E-state index in [2.05, 4.69) is 41.4 Å². The minimum Gasteiger partial charge on any atom is -0.321 e. The molecular formula is C17H18N4O. The van der Waals surface area contributed by atoms with E-state index < -0.39 is 0 Å². The van der Waals surface area contributed by atoms with Gasteiger partial charge in [-0.05, 0) is 36.1 Å². The molecule has 1 aromatic carbocycles. The largest absolute Gasteiger partial charge is 0.321 e. The van der Waals surface area contributed by atoms with Crippen molar-refractivity contribution in [1.29, 1.82) is 0 Å². The zero-order valence-electron chi connectivity index (χ0n) is 12.7. The number of carbonyl (C=O) groups excluding carboxylic acids is 1. The van der Waals surface area contributed by atoms with Gasteiger partial charge in [-0.15, -0.1) is 0 Å². The number of nitrogens with zero attached hydrogens (tertiary/aromatic N) is 3. The Kier molecular flexibility index (Phi) is 3.87. The summed E-state index contributed by atoms with van der Waals surface area (Å²) >= 11 is 0. The first-order valence-corrected chi connectivity index (χ1v) is 7.39. The molecule has 5 heteroatoms. The fraction of sp³-hybridized carbons (Fsp3) is 0.235. The SMILES string of the molecule is CCC(C)c1ccc(NC(=O)c2cc3ncccn3n2)cc1. The molecule has 1 N–H and O–H groups in total. The molecule has 0 saturated heterocycles. The molecule has 0 aliphatic carbocycles. The van der Waals surface area contributed by atoms with E-state index in [4.69, 9.17) is 0 Å². The van der Waals surface area contributed by atoms with E-state index in [9.17, 15) is 4.79 Å². The Morgan fingerprint density at radius 1 is 1.32 bits per heavy atom. The Balaban J connectivity index is 1.76. The molecule has 0 radical (unpaired) electrons. The third-order valence-electron chi connectivity index (χ3n) is 3.82. The molecule has 0 fully saturated rings. The number of nitrogens with one attached hydrogen (secondary N) is 1. The number of amides is 1. The maximum Gasteiger partial charge on any atom is 0.276 e. The van der Waals surface area contributed by atoms with E-state index in [0.29, 0.717) is 17.3 Å². The fourth-order valence-electron chi connectivity index (χ4n) is 2.27. The van der Waals surface area contributed by atoms with Crippen LogP contribution in [0.15, 0.2) is 48.8 Å². The van der Waals surface area contributed by atoms with Crippen molar-refractivity contribution in [3.8, 4) is 0 Å². The monoisotopic (exact) mass is 294 g/mol. The number of rotatable bonds is 4. The lowest BCUT2D eigenvalue weighted by Gasteiger charge is -2.10. The molecule has 0 saturated carbocycles. The molecule has 1 amide bonds. The normalized spacial score (nSPS) is 12.3. The summed E-state index contributed by atoms with van der Waals surface area (Å²) in [6.45, 7) is 4.36. The highest BCUT2D eigenvalue weighted by molar-refractivity contribution is 6.03. The van der Waals surface area contributed by atoms with Crippen LogP contribution in [0.2, 0.25) is 0 Å². The molecule has 1 unspecified atom stereocenters. The zero-order valence-corrected chi connectivity index (χ0v) is 12.7. The van der Waals surface area contributed by atoms with E-state index in [1.165, 1.54) is 5.56 Å². The Labute approximate surface area is 129 Å². The maximum absolute atomic E-state index is 12.2. The molecule has 1 atom stereocenters. The smallest absolute Gasteiger partial charge is 0.276 e. The minimum atomic E-state index is -0.234. The summed E-state index contributed by atoms with van der Waals surface area (Å²) in [7, 11) is 0. The topological polar surface area (TPSA) is 59.3 Å². The van der Waals surface area contributed by atoms with Gasteiger partial charge in [-0.2, -0.15) is 5.10 Å². The van der Waals surface area contributed by atoms with Gasteiger partial charge >= 0.3 is 0 Å². The van der Waals surface area contributed by atoms with E-state index in [1.807, 2.05) is 12.1 Å². The molecule has 112 valence electrons. The van der Waals surface area contributed by atoms with Gasteiger partial charge in [0.15, 0.2) is 11.3 Å². The summed E-state index contributed by atoms with van der Waals surface area (Å²) in [6.07, 6.45) is 4.53. The van der Waals surface area contributed by atoms with Gasteiger partial charge in [0.25, 0.3) is 5.91 Å². The van der Waals surface area contributed by atoms with Gasteiger partial charge in [-0.3, -0.25) is 4.79 Å². The summed E-state index contributed by atoms with van der Waals surface area (Å²) in [5, 5.41) is 7.07. The molecule has 0 aliphatic rings. The molecular weight excluding hydrogens is 276 g/mol. The Morgan fingerprint density at radius 3 is 2.77 bits per heavy atom. The second kappa shape index (κ2) is 5.97. The molecule has 0 bridgehead atoms. The molecule has 5 nitrogen and oxygen atoms in total. The number of benzene rings is 1. The third-order valence-corrected chi connectivity index (χ3v) is 3.82. The number of hydrogen-bond donors (Lipinski definition) is 1.